The molecule has 1 aliphatic carbocycles. The van der Waals surface area contributed by atoms with Gasteiger partial charge in [0.2, 0.25) is 5.91 Å². The minimum Gasteiger partial charge on any atom is -0.387 e. The molecule has 0 spiro atoms. The smallest absolute Gasteiger partial charge is 0.238 e. The molecule has 1 N–H and O–H groups in total. The van der Waals surface area contributed by atoms with Crippen LogP contribution in [0.1, 0.15) is 18.1 Å². The van der Waals surface area contributed by atoms with E-state index in [1.807, 2.05) is 24.3 Å². The van der Waals surface area contributed by atoms with Gasteiger partial charge in [0.25, 0.3) is 0 Å². The molecule has 2 atom stereocenters. The van der Waals surface area contributed by atoms with Crippen molar-refractivity contribution in [1.29, 1.82) is 0 Å². The second-order valence-corrected chi connectivity index (χ2v) is 5.66. The number of aliphatic hydroxyl groups excluding tert-OH is 1. The monoisotopic (exact) mass is 335 g/mol. The molecule has 1 aromatic carbocycles. The molecule has 0 saturated heterocycles. The summed E-state index contributed by atoms with van der Waals surface area (Å²) in [6.45, 7) is 3.88. The van der Waals surface area contributed by atoms with Gasteiger partial charge in [-0.1, -0.05) is 42.5 Å². The van der Waals surface area contributed by atoms with Crippen LogP contribution < -0.4 is 0 Å². The molecule has 122 valence electrons. The van der Waals surface area contributed by atoms with Crippen LogP contribution in [0.2, 0.25) is 0 Å². The van der Waals surface area contributed by atoms with Crippen molar-refractivity contribution in [3.05, 3.63) is 72.6 Å². The van der Waals surface area contributed by atoms with Gasteiger partial charge in [-0.3, -0.25) is 4.79 Å². The summed E-state index contributed by atoms with van der Waals surface area (Å²) in [7, 11) is 0. The third-order valence-corrected chi connectivity index (χ3v) is 4.19. The zero-order valence-corrected chi connectivity index (χ0v) is 13.4. The molecule has 0 bridgehead atoms. The second-order valence-electron chi connectivity index (χ2n) is 5.39. The van der Waals surface area contributed by atoms with E-state index in [-0.39, 0.29) is 24.1 Å². The van der Waals surface area contributed by atoms with Crippen molar-refractivity contribution in [2.24, 2.45) is 0 Å². The maximum Gasteiger partial charge on any atom is 0.238 e. The molecule has 0 aliphatic heterocycles. The van der Waals surface area contributed by atoms with E-state index in [2.05, 4.69) is 6.58 Å². The van der Waals surface area contributed by atoms with Gasteiger partial charge in [0, 0.05) is 0 Å². The number of β-amino-alcohol motifs (C(OH)–C–C–N with tert-alkyl or cyclic N) is 1. The van der Waals surface area contributed by atoms with E-state index < -0.39 is 11.6 Å². The summed E-state index contributed by atoms with van der Waals surface area (Å²) in [5.74, 6) is -0.867. The van der Waals surface area contributed by atoms with Crippen LogP contribution in [0.3, 0.4) is 0 Å². The lowest BCUT2D eigenvalue weighted by Crippen LogP contribution is -2.51. The number of hydrogen-bond acceptors (Lipinski definition) is 2. The Bertz CT molecular complexity index is 626. The first-order chi connectivity index (χ1) is 11.0. The predicted octanol–water partition coefficient (Wildman–Crippen LogP) is 3.37. The van der Waals surface area contributed by atoms with Crippen LogP contribution in [-0.4, -0.2) is 33.9 Å². The Morgan fingerprint density at radius 1 is 1.43 bits per heavy atom. The van der Waals surface area contributed by atoms with Gasteiger partial charge in [0.1, 0.15) is 11.7 Å². The predicted molar refractivity (Wildman–Crippen MR) is 89.6 cm³/mol. The molecule has 3 nitrogen and oxygen atoms in total. The van der Waals surface area contributed by atoms with Gasteiger partial charge < -0.3 is 10.0 Å². The van der Waals surface area contributed by atoms with E-state index in [1.165, 1.54) is 29.2 Å². The van der Waals surface area contributed by atoms with Crippen LogP contribution in [0.5, 0.6) is 0 Å². The SMILES string of the molecule is C=C[C@@]1(N(CC(O)c2ccc(F)cc2)C(=O)CCl)C=CC=CC1. The van der Waals surface area contributed by atoms with Crippen molar-refractivity contribution in [2.45, 2.75) is 18.1 Å². The summed E-state index contributed by atoms with van der Waals surface area (Å²) in [6, 6.07) is 5.55. The minimum atomic E-state index is -0.945. The van der Waals surface area contributed by atoms with Crippen LogP contribution in [0.25, 0.3) is 0 Å². The highest BCUT2D eigenvalue weighted by atomic mass is 35.5. The van der Waals surface area contributed by atoms with E-state index in [0.717, 1.165) is 0 Å². The van der Waals surface area contributed by atoms with Gasteiger partial charge in [-0.15, -0.1) is 18.2 Å². The number of hydrogen-bond donors (Lipinski definition) is 1. The van der Waals surface area contributed by atoms with Crippen molar-refractivity contribution < 1.29 is 14.3 Å². The van der Waals surface area contributed by atoms with E-state index in [1.54, 1.807) is 6.08 Å². The molecule has 0 fully saturated rings. The number of carbonyl (C=O) groups is 1. The zero-order valence-electron chi connectivity index (χ0n) is 12.7. The first-order valence-electron chi connectivity index (χ1n) is 7.30. The standard InChI is InChI=1S/C18H19ClFNO2/c1-2-18(10-4-3-5-11-18)21(17(23)12-19)13-16(22)14-6-8-15(20)9-7-14/h2-10,16,22H,1,11-13H2/t16?,18-/m1/s1. The van der Waals surface area contributed by atoms with Gasteiger partial charge in [-0.2, -0.15) is 0 Å². The van der Waals surface area contributed by atoms with Crippen LogP contribution >= 0.6 is 11.6 Å². The molecular formula is C18H19ClFNO2. The number of benzene rings is 1. The third-order valence-electron chi connectivity index (χ3n) is 3.96. The second kappa shape index (κ2) is 7.57. The van der Waals surface area contributed by atoms with Crippen molar-refractivity contribution in [3.8, 4) is 0 Å². The Kier molecular flexibility index (Phi) is 5.74. The Hall–Kier alpha value is -1.91. The summed E-state index contributed by atoms with van der Waals surface area (Å²) >= 11 is 5.74. The molecule has 5 heteroatoms. The lowest BCUT2D eigenvalue weighted by Gasteiger charge is -2.41. The van der Waals surface area contributed by atoms with Crippen LogP contribution in [-0.2, 0) is 4.79 Å². The largest absolute Gasteiger partial charge is 0.387 e. The first-order valence-corrected chi connectivity index (χ1v) is 7.84. The molecule has 2 rings (SSSR count). The van der Waals surface area contributed by atoms with E-state index in [0.29, 0.717) is 12.0 Å². The highest BCUT2D eigenvalue weighted by Gasteiger charge is 2.35. The molecule has 0 saturated carbocycles. The fraction of sp³-hybridized carbons (Fsp3) is 0.278. The van der Waals surface area contributed by atoms with Crippen molar-refractivity contribution in [1.82, 2.24) is 4.90 Å². The number of nitrogens with zero attached hydrogens (tertiary/aromatic N) is 1. The van der Waals surface area contributed by atoms with Gasteiger partial charge in [0.05, 0.1) is 18.2 Å². The highest BCUT2D eigenvalue weighted by molar-refractivity contribution is 6.27. The number of allylic oxidation sites excluding steroid dienone is 2. The Labute approximate surface area is 140 Å². The van der Waals surface area contributed by atoms with Crippen LogP contribution in [0.15, 0.2) is 61.2 Å². The van der Waals surface area contributed by atoms with Gasteiger partial charge in [-0.05, 0) is 24.1 Å². The van der Waals surface area contributed by atoms with E-state index >= 15 is 0 Å². The Morgan fingerprint density at radius 2 is 2.13 bits per heavy atom. The van der Waals surface area contributed by atoms with Crippen molar-refractivity contribution in [3.63, 3.8) is 0 Å². The van der Waals surface area contributed by atoms with E-state index in [4.69, 9.17) is 11.6 Å². The number of alkyl halides is 1. The summed E-state index contributed by atoms with van der Waals surface area (Å²) in [5.41, 5.74) is -0.185. The lowest BCUT2D eigenvalue weighted by atomic mass is 9.88. The zero-order chi connectivity index (χ0) is 16.9. The molecular weight excluding hydrogens is 317 g/mol. The van der Waals surface area contributed by atoms with Gasteiger partial charge in [0.15, 0.2) is 0 Å². The molecule has 1 amide bonds. The summed E-state index contributed by atoms with van der Waals surface area (Å²) in [5, 5.41) is 10.4. The number of halogens is 2. The van der Waals surface area contributed by atoms with Gasteiger partial charge in [-0.25, -0.2) is 4.39 Å². The highest BCUT2D eigenvalue weighted by Crippen LogP contribution is 2.29. The third kappa shape index (κ3) is 3.89. The molecule has 0 aromatic heterocycles. The minimum absolute atomic E-state index is 0.0430. The van der Waals surface area contributed by atoms with Crippen molar-refractivity contribution in [2.75, 3.05) is 12.4 Å². The molecule has 1 aromatic rings. The number of amides is 1. The van der Waals surface area contributed by atoms with Gasteiger partial charge >= 0.3 is 0 Å². The quantitative estimate of drug-likeness (QED) is 0.639. The number of carbonyl (C=O) groups excluding carboxylic acids is 1. The Balaban J connectivity index is 2.27. The normalized spacial score (nSPS) is 21.0. The summed E-state index contributed by atoms with van der Waals surface area (Å²) in [6.07, 6.45) is 8.81. The van der Waals surface area contributed by atoms with E-state index in [9.17, 15) is 14.3 Å². The molecule has 0 heterocycles. The number of aliphatic hydroxyl groups is 1. The summed E-state index contributed by atoms with van der Waals surface area (Å²) < 4.78 is 13.0. The van der Waals surface area contributed by atoms with Crippen LogP contribution in [0.4, 0.5) is 4.39 Å². The molecule has 1 aliphatic rings. The maximum atomic E-state index is 13.0. The Morgan fingerprint density at radius 3 is 2.65 bits per heavy atom. The fourth-order valence-corrected chi connectivity index (χ4v) is 2.77. The molecule has 0 radical (unpaired) electrons. The maximum absolute atomic E-state index is 13.0. The average Bonchev–Trinajstić information content (AvgIpc) is 2.60. The average molecular weight is 336 g/mol. The molecule has 23 heavy (non-hydrogen) atoms. The fourth-order valence-electron chi connectivity index (χ4n) is 2.63. The van der Waals surface area contributed by atoms with Crippen LogP contribution in [0, 0.1) is 5.82 Å². The number of rotatable bonds is 6. The first kappa shape index (κ1) is 17.4. The lowest BCUT2D eigenvalue weighted by molar-refractivity contribution is -0.133. The van der Waals surface area contributed by atoms with Crippen molar-refractivity contribution >= 4 is 17.5 Å². The summed E-state index contributed by atoms with van der Waals surface area (Å²) in [4.78, 5) is 13.8. The molecule has 1 unspecified atom stereocenters. The topological polar surface area (TPSA) is 40.5 Å².